The Bertz CT molecular complexity index is 1050. The van der Waals surface area contributed by atoms with Crippen molar-refractivity contribution >= 4 is 34.9 Å². The van der Waals surface area contributed by atoms with Crippen LogP contribution in [0.4, 0.5) is 5.82 Å². The van der Waals surface area contributed by atoms with Gasteiger partial charge in [0.05, 0.1) is 38.8 Å². The molecule has 30 heavy (non-hydrogen) atoms. The number of thioether (sulfide) groups is 2. The molecule has 0 saturated heterocycles. The molecule has 9 nitrogen and oxygen atoms in total. The quantitative estimate of drug-likeness (QED) is 0.359. The Morgan fingerprint density at radius 3 is 2.27 bits per heavy atom. The van der Waals surface area contributed by atoms with Gasteiger partial charge in [0.15, 0.2) is 0 Å². The molecule has 0 aliphatic rings. The van der Waals surface area contributed by atoms with Crippen LogP contribution in [-0.4, -0.2) is 61.2 Å². The molecule has 3 aromatic heterocycles. The molecular weight excluding hydrogens is 418 g/mol. The first-order chi connectivity index (χ1) is 14.4. The fraction of sp³-hybridized carbons (Fsp3) is 0.263. The summed E-state index contributed by atoms with van der Waals surface area (Å²) in [5, 5.41) is 14.8. The van der Waals surface area contributed by atoms with Crippen molar-refractivity contribution in [1.29, 1.82) is 5.26 Å². The molecule has 0 bridgehead atoms. The third-order valence-corrected chi connectivity index (χ3v) is 5.03. The van der Waals surface area contributed by atoms with Crippen LogP contribution in [0.1, 0.15) is 5.69 Å². The van der Waals surface area contributed by atoms with Crippen molar-refractivity contribution in [1.82, 2.24) is 34.6 Å². The molecule has 0 amide bonds. The van der Waals surface area contributed by atoms with E-state index < -0.39 is 0 Å². The summed E-state index contributed by atoms with van der Waals surface area (Å²) in [6.07, 6.45) is 10.4. The third-order valence-electron chi connectivity index (χ3n) is 3.75. The maximum absolute atomic E-state index is 8.98. The summed E-state index contributed by atoms with van der Waals surface area (Å²) in [5.41, 5.74) is 8.71. The van der Waals surface area contributed by atoms with Gasteiger partial charge in [-0.05, 0) is 24.6 Å². The van der Waals surface area contributed by atoms with Crippen LogP contribution >= 0.6 is 23.5 Å². The van der Waals surface area contributed by atoms with Crippen molar-refractivity contribution in [3.8, 4) is 17.3 Å². The van der Waals surface area contributed by atoms with Gasteiger partial charge in [-0.25, -0.2) is 19.9 Å². The minimum Gasteiger partial charge on any atom is -0.383 e. The Morgan fingerprint density at radius 2 is 1.73 bits per heavy atom. The summed E-state index contributed by atoms with van der Waals surface area (Å²) in [5.74, 6) is 0.612. The molecule has 0 aliphatic heterocycles. The normalized spacial score (nSPS) is 10.7. The number of nitrogen functional groups attached to an aromatic ring is 1. The molecule has 3 aromatic rings. The zero-order chi connectivity index (χ0) is 22.1. The lowest BCUT2D eigenvalue weighted by Gasteiger charge is -2.06. The second-order valence-electron chi connectivity index (χ2n) is 6.08. The summed E-state index contributed by atoms with van der Waals surface area (Å²) in [6.45, 7) is 0. The first-order valence-electron chi connectivity index (χ1n) is 8.68. The topological polar surface area (TPSA) is 122 Å². The maximum Gasteiger partial charge on any atom is 0.130 e. The number of aryl methyl sites for hydroxylation is 1. The van der Waals surface area contributed by atoms with Crippen molar-refractivity contribution in [3.63, 3.8) is 0 Å². The number of hydrogen-bond donors (Lipinski definition) is 1. The van der Waals surface area contributed by atoms with Gasteiger partial charge in [0.2, 0.25) is 0 Å². The Hall–Kier alpha value is -3.10. The van der Waals surface area contributed by atoms with Crippen LogP contribution in [-0.2, 0) is 7.05 Å². The van der Waals surface area contributed by atoms with Crippen molar-refractivity contribution in [2.75, 3.05) is 32.3 Å². The Labute approximate surface area is 184 Å². The zero-order valence-electron chi connectivity index (χ0n) is 17.4. The molecule has 0 atom stereocenters. The second-order valence-corrected chi connectivity index (χ2v) is 7.73. The molecule has 3 rings (SSSR count). The smallest absolute Gasteiger partial charge is 0.130 e. The summed E-state index contributed by atoms with van der Waals surface area (Å²) in [6, 6.07) is 5.83. The largest absolute Gasteiger partial charge is 0.383 e. The molecule has 11 heteroatoms. The van der Waals surface area contributed by atoms with E-state index in [0.717, 1.165) is 21.3 Å². The Kier molecular flexibility index (Phi) is 8.64. The molecule has 0 aliphatic carbocycles. The predicted molar refractivity (Wildman–Crippen MR) is 122 cm³/mol. The van der Waals surface area contributed by atoms with Gasteiger partial charge in [-0.2, -0.15) is 10.4 Å². The highest BCUT2D eigenvalue weighted by molar-refractivity contribution is 7.98. The highest BCUT2D eigenvalue weighted by atomic mass is 32.2. The number of nitriles is 1. The first kappa shape index (κ1) is 23.2. The van der Waals surface area contributed by atoms with Crippen LogP contribution in [0.5, 0.6) is 0 Å². The first-order valence-corrected chi connectivity index (χ1v) is 11.1. The number of anilines is 1. The summed E-state index contributed by atoms with van der Waals surface area (Å²) < 4.78 is 1.62. The van der Waals surface area contributed by atoms with E-state index in [1.165, 1.54) is 24.4 Å². The van der Waals surface area contributed by atoms with Crippen molar-refractivity contribution < 1.29 is 0 Å². The van der Waals surface area contributed by atoms with Gasteiger partial charge >= 0.3 is 0 Å². The molecule has 0 fully saturated rings. The van der Waals surface area contributed by atoms with Gasteiger partial charge in [0.25, 0.3) is 0 Å². The monoisotopic (exact) mass is 441 g/mol. The van der Waals surface area contributed by atoms with E-state index in [9.17, 15) is 0 Å². The average molecular weight is 442 g/mol. The van der Waals surface area contributed by atoms with Gasteiger partial charge in [-0.15, -0.1) is 23.5 Å². The second kappa shape index (κ2) is 11.2. The molecule has 0 spiro atoms. The van der Waals surface area contributed by atoms with Crippen LogP contribution in [0.3, 0.4) is 0 Å². The Morgan fingerprint density at radius 1 is 1.10 bits per heavy atom. The Balaban J connectivity index is 0.000000214. The number of hydrogen-bond acceptors (Lipinski definition) is 10. The van der Waals surface area contributed by atoms with Crippen molar-refractivity contribution in [3.05, 3.63) is 42.9 Å². The molecule has 0 saturated carbocycles. The summed E-state index contributed by atoms with van der Waals surface area (Å²) in [7, 11) is 5.54. The standard InChI is InChI=1S/C10H12N4S.C9H11N5S/c1-14(2)6-8(5-11)9-4-10(15-3)13-7-12-9;1-14-9(10)6(4-13-14)7-3-8(15-2)12-5-11-7/h4,6-7H,1-3H3;3-5H,10H2,1-2H3/b8-6-;. The van der Waals surface area contributed by atoms with E-state index in [0.29, 0.717) is 17.1 Å². The summed E-state index contributed by atoms with van der Waals surface area (Å²) >= 11 is 3.10. The number of aromatic nitrogens is 6. The minimum atomic E-state index is 0.540. The third kappa shape index (κ3) is 6.20. The minimum absolute atomic E-state index is 0.540. The van der Waals surface area contributed by atoms with Gasteiger partial charge in [-0.1, -0.05) is 0 Å². The molecule has 0 aromatic carbocycles. The maximum atomic E-state index is 8.98. The number of nitrogens with zero attached hydrogens (tertiary/aromatic N) is 8. The highest BCUT2D eigenvalue weighted by Crippen LogP contribution is 2.24. The lowest BCUT2D eigenvalue weighted by atomic mass is 10.2. The summed E-state index contributed by atoms with van der Waals surface area (Å²) in [4.78, 5) is 18.2. The molecular formula is C19H23N9S2. The molecule has 3 heterocycles. The van der Waals surface area contributed by atoms with E-state index in [1.807, 2.05) is 43.6 Å². The number of rotatable bonds is 5. The molecule has 0 radical (unpaired) electrons. The van der Waals surface area contributed by atoms with Gasteiger partial charge in [0, 0.05) is 27.3 Å². The van der Waals surface area contributed by atoms with E-state index in [2.05, 4.69) is 31.1 Å². The fourth-order valence-corrected chi connectivity index (χ4v) is 3.02. The van der Waals surface area contributed by atoms with Crippen molar-refractivity contribution in [2.45, 2.75) is 10.1 Å². The SMILES string of the molecule is CSc1cc(-c2cnn(C)c2N)ncn1.CSc1cc(/C(C#N)=C\N(C)C)ncn1. The molecule has 2 N–H and O–H groups in total. The van der Waals surface area contributed by atoms with Gasteiger partial charge in [0.1, 0.15) is 24.5 Å². The van der Waals surface area contributed by atoms with Gasteiger partial charge in [-0.3, -0.25) is 4.68 Å². The zero-order valence-corrected chi connectivity index (χ0v) is 19.1. The van der Waals surface area contributed by atoms with E-state index in [1.54, 1.807) is 35.9 Å². The highest BCUT2D eigenvalue weighted by Gasteiger charge is 2.09. The molecule has 156 valence electrons. The number of allylic oxidation sites excluding steroid dienone is 1. The van der Waals surface area contributed by atoms with Crippen LogP contribution in [0, 0.1) is 11.3 Å². The average Bonchev–Trinajstić information content (AvgIpc) is 3.10. The van der Waals surface area contributed by atoms with Crippen LogP contribution in [0.15, 0.2) is 47.2 Å². The van der Waals surface area contributed by atoms with E-state index in [4.69, 9.17) is 11.0 Å². The predicted octanol–water partition coefficient (Wildman–Crippen LogP) is 2.81. The lowest BCUT2D eigenvalue weighted by molar-refractivity contribution is 0.566. The van der Waals surface area contributed by atoms with E-state index in [-0.39, 0.29) is 0 Å². The van der Waals surface area contributed by atoms with Crippen molar-refractivity contribution in [2.24, 2.45) is 7.05 Å². The fourth-order valence-electron chi connectivity index (χ4n) is 2.25. The van der Waals surface area contributed by atoms with Gasteiger partial charge < -0.3 is 10.6 Å². The van der Waals surface area contributed by atoms with Crippen LogP contribution in [0.25, 0.3) is 16.8 Å². The number of nitrogens with two attached hydrogens (primary N) is 1. The van der Waals surface area contributed by atoms with E-state index >= 15 is 0 Å². The lowest BCUT2D eigenvalue weighted by Crippen LogP contribution is -2.03. The van der Waals surface area contributed by atoms with Crippen LogP contribution < -0.4 is 5.73 Å². The molecule has 0 unspecified atom stereocenters. The van der Waals surface area contributed by atoms with Crippen LogP contribution in [0.2, 0.25) is 0 Å².